The van der Waals surface area contributed by atoms with Gasteiger partial charge in [0, 0.05) is 10.6 Å². The molecule has 0 aliphatic heterocycles. The van der Waals surface area contributed by atoms with Crippen LogP contribution in [0, 0.1) is 0 Å². The fourth-order valence-electron chi connectivity index (χ4n) is 2.61. The number of aromatic hydroxyl groups is 1. The minimum atomic E-state index is -0.657. The molecular formula is C23H18Cl2N2O5. The lowest BCUT2D eigenvalue weighted by Crippen LogP contribution is -2.17. The maximum Gasteiger partial charge on any atom is 0.345 e. The standard InChI is InChI=1S/C23H18Cl2N2O5/c1-2-31-21-11-14(13-26-27-22(29)15-4-7-17(28)8-5-15)3-10-20(21)32-23(30)18-9-6-16(24)12-19(18)25/h3-13,28H,2H2,1H3,(H,27,29)/b26-13+. The van der Waals surface area contributed by atoms with Gasteiger partial charge in [-0.15, -0.1) is 0 Å². The summed E-state index contributed by atoms with van der Waals surface area (Å²) >= 11 is 11.9. The van der Waals surface area contributed by atoms with E-state index in [1.165, 1.54) is 42.6 Å². The third kappa shape index (κ3) is 6.00. The monoisotopic (exact) mass is 472 g/mol. The van der Waals surface area contributed by atoms with Crippen LogP contribution in [0.15, 0.2) is 65.8 Å². The number of benzene rings is 3. The predicted molar refractivity (Wildman–Crippen MR) is 122 cm³/mol. The molecule has 7 nitrogen and oxygen atoms in total. The number of rotatable bonds is 7. The molecule has 3 aromatic rings. The highest BCUT2D eigenvalue weighted by Gasteiger charge is 2.16. The van der Waals surface area contributed by atoms with Gasteiger partial charge in [-0.1, -0.05) is 23.2 Å². The molecule has 1 amide bonds. The number of halogens is 2. The molecule has 0 radical (unpaired) electrons. The SMILES string of the molecule is CCOc1cc(/C=N/NC(=O)c2ccc(O)cc2)ccc1OC(=O)c1ccc(Cl)cc1Cl. The number of phenols is 1. The van der Waals surface area contributed by atoms with E-state index in [0.29, 0.717) is 28.5 Å². The van der Waals surface area contributed by atoms with Gasteiger partial charge in [0.25, 0.3) is 5.91 Å². The molecule has 0 aromatic heterocycles. The molecule has 32 heavy (non-hydrogen) atoms. The van der Waals surface area contributed by atoms with Gasteiger partial charge < -0.3 is 14.6 Å². The van der Waals surface area contributed by atoms with E-state index < -0.39 is 11.9 Å². The number of esters is 1. The smallest absolute Gasteiger partial charge is 0.345 e. The third-order valence-corrected chi connectivity index (χ3v) is 4.68. The Morgan fingerprint density at radius 3 is 2.47 bits per heavy atom. The van der Waals surface area contributed by atoms with Gasteiger partial charge >= 0.3 is 5.97 Å². The molecule has 0 spiro atoms. The number of carbonyl (C=O) groups is 2. The molecule has 0 atom stereocenters. The summed E-state index contributed by atoms with van der Waals surface area (Å²) < 4.78 is 11.0. The Kier molecular flexibility index (Phi) is 7.70. The van der Waals surface area contributed by atoms with Crippen molar-refractivity contribution in [2.75, 3.05) is 6.61 Å². The highest BCUT2D eigenvalue weighted by Crippen LogP contribution is 2.30. The summed E-state index contributed by atoms with van der Waals surface area (Å²) in [7, 11) is 0. The number of ether oxygens (including phenoxy) is 2. The lowest BCUT2D eigenvalue weighted by atomic mass is 10.2. The van der Waals surface area contributed by atoms with Crippen LogP contribution in [-0.2, 0) is 0 Å². The number of hydrogen-bond acceptors (Lipinski definition) is 6. The van der Waals surface area contributed by atoms with Crippen LogP contribution in [0.1, 0.15) is 33.2 Å². The fraction of sp³-hybridized carbons (Fsp3) is 0.0870. The van der Waals surface area contributed by atoms with Crippen molar-refractivity contribution in [1.82, 2.24) is 5.43 Å². The van der Waals surface area contributed by atoms with Gasteiger partial charge in [0.1, 0.15) is 5.75 Å². The quantitative estimate of drug-likeness (QED) is 0.216. The van der Waals surface area contributed by atoms with Crippen LogP contribution >= 0.6 is 23.2 Å². The third-order valence-electron chi connectivity index (χ3n) is 4.13. The van der Waals surface area contributed by atoms with Crippen LogP contribution in [0.4, 0.5) is 0 Å². The molecule has 0 saturated carbocycles. The Bertz CT molecular complexity index is 1160. The number of hydrazone groups is 1. The maximum absolute atomic E-state index is 12.5. The van der Waals surface area contributed by atoms with Gasteiger partial charge in [-0.25, -0.2) is 10.2 Å². The van der Waals surface area contributed by atoms with E-state index in [0.717, 1.165) is 0 Å². The van der Waals surface area contributed by atoms with Crippen molar-refractivity contribution in [1.29, 1.82) is 0 Å². The van der Waals surface area contributed by atoms with Crippen molar-refractivity contribution in [3.63, 3.8) is 0 Å². The normalized spacial score (nSPS) is 10.7. The average Bonchev–Trinajstić information content (AvgIpc) is 2.76. The van der Waals surface area contributed by atoms with Crippen molar-refractivity contribution in [2.45, 2.75) is 6.92 Å². The number of carbonyl (C=O) groups excluding carboxylic acids is 2. The molecule has 0 fully saturated rings. The molecule has 0 unspecified atom stereocenters. The summed E-state index contributed by atoms with van der Waals surface area (Å²) in [5.41, 5.74) is 3.51. The molecule has 0 heterocycles. The molecule has 9 heteroatoms. The molecule has 3 rings (SSSR count). The van der Waals surface area contributed by atoms with Crippen LogP contribution in [-0.4, -0.2) is 29.8 Å². The second-order valence-corrected chi connectivity index (χ2v) is 7.24. The van der Waals surface area contributed by atoms with Gasteiger partial charge in [-0.05, 0) is 73.2 Å². The fourth-order valence-corrected chi connectivity index (χ4v) is 3.10. The van der Waals surface area contributed by atoms with Crippen LogP contribution in [0.25, 0.3) is 0 Å². The second-order valence-electron chi connectivity index (χ2n) is 6.40. The summed E-state index contributed by atoms with van der Waals surface area (Å²) in [5.74, 6) is -0.507. The van der Waals surface area contributed by atoms with E-state index in [4.69, 9.17) is 32.7 Å². The summed E-state index contributed by atoms with van der Waals surface area (Å²) in [4.78, 5) is 24.6. The molecule has 164 valence electrons. The Balaban J connectivity index is 1.72. The Morgan fingerprint density at radius 1 is 1.03 bits per heavy atom. The molecule has 0 aliphatic rings. The minimum absolute atomic E-state index is 0.0626. The van der Waals surface area contributed by atoms with Crippen molar-refractivity contribution >= 4 is 41.3 Å². The minimum Gasteiger partial charge on any atom is -0.508 e. The summed E-state index contributed by atoms with van der Waals surface area (Å²) in [6.45, 7) is 2.13. The lowest BCUT2D eigenvalue weighted by Gasteiger charge is -2.12. The first-order valence-corrected chi connectivity index (χ1v) is 10.2. The van der Waals surface area contributed by atoms with Crippen molar-refractivity contribution in [2.24, 2.45) is 5.10 Å². The zero-order chi connectivity index (χ0) is 23.1. The lowest BCUT2D eigenvalue weighted by molar-refractivity contribution is 0.0728. The van der Waals surface area contributed by atoms with E-state index in [1.807, 2.05) is 0 Å². The average molecular weight is 473 g/mol. The van der Waals surface area contributed by atoms with E-state index >= 15 is 0 Å². The highest BCUT2D eigenvalue weighted by molar-refractivity contribution is 6.36. The topological polar surface area (TPSA) is 97.2 Å². The Labute approximate surface area is 194 Å². The van der Waals surface area contributed by atoms with E-state index in [2.05, 4.69) is 10.5 Å². The van der Waals surface area contributed by atoms with E-state index in [9.17, 15) is 14.7 Å². The van der Waals surface area contributed by atoms with Crippen molar-refractivity contribution in [3.8, 4) is 17.2 Å². The molecule has 3 aromatic carbocycles. The van der Waals surface area contributed by atoms with Crippen LogP contribution in [0.2, 0.25) is 10.0 Å². The van der Waals surface area contributed by atoms with E-state index in [-0.39, 0.29) is 22.1 Å². The van der Waals surface area contributed by atoms with Gasteiger partial charge in [0.2, 0.25) is 0 Å². The number of phenolic OH excluding ortho intramolecular Hbond substituents is 1. The first-order chi connectivity index (χ1) is 15.4. The zero-order valence-electron chi connectivity index (χ0n) is 16.8. The number of hydrogen-bond donors (Lipinski definition) is 2. The Morgan fingerprint density at radius 2 is 1.78 bits per heavy atom. The number of nitrogens with zero attached hydrogens (tertiary/aromatic N) is 1. The first-order valence-electron chi connectivity index (χ1n) is 9.44. The van der Waals surface area contributed by atoms with Gasteiger partial charge in [-0.3, -0.25) is 4.79 Å². The Hall–Kier alpha value is -3.55. The highest BCUT2D eigenvalue weighted by atomic mass is 35.5. The molecule has 0 bridgehead atoms. The second kappa shape index (κ2) is 10.7. The van der Waals surface area contributed by atoms with Gasteiger partial charge in [0.05, 0.1) is 23.4 Å². The van der Waals surface area contributed by atoms with Crippen LogP contribution in [0.3, 0.4) is 0 Å². The van der Waals surface area contributed by atoms with Crippen LogP contribution in [0.5, 0.6) is 17.2 Å². The number of nitrogens with one attached hydrogen (secondary N) is 1. The van der Waals surface area contributed by atoms with Crippen molar-refractivity contribution < 1.29 is 24.2 Å². The molecular weight excluding hydrogens is 455 g/mol. The van der Waals surface area contributed by atoms with Crippen molar-refractivity contribution in [3.05, 3.63) is 87.4 Å². The number of amides is 1. The summed E-state index contributed by atoms with van der Waals surface area (Å²) in [5, 5.41) is 13.8. The van der Waals surface area contributed by atoms with Gasteiger partial charge in [-0.2, -0.15) is 5.10 Å². The summed E-state index contributed by atoms with van der Waals surface area (Å²) in [6.07, 6.45) is 1.42. The maximum atomic E-state index is 12.5. The molecule has 2 N–H and O–H groups in total. The molecule has 0 saturated heterocycles. The first kappa shape index (κ1) is 23.1. The van der Waals surface area contributed by atoms with Gasteiger partial charge in [0.15, 0.2) is 11.5 Å². The zero-order valence-corrected chi connectivity index (χ0v) is 18.4. The summed E-state index contributed by atoms with van der Waals surface area (Å²) in [6, 6.07) is 15.0. The predicted octanol–water partition coefficient (Wildman–Crippen LogP) is 5.08. The largest absolute Gasteiger partial charge is 0.508 e. The molecule has 0 aliphatic carbocycles. The van der Waals surface area contributed by atoms with E-state index in [1.54, 1.807) is 31.2 Å². The van der Waals surface area contributed by atoms with Crippen LogP contribution < -0.4 is 14.9 Å².